The third kappa shape index (κ3) is 4.34. The number of carbonyl (C=O) groups excluding carboxylic acids is 2. The van der Waals surface area contributed by atoms with Crippen molar-refractivity contribution in [1.82, 2.24) is 16.0 Å². The largest absolute Gasteiger partial charge is 0.449 e. The zero-order valence-corrected chi connectivity index (χ0v) is 16.3. The first kappa shape index (κ1) is 19.9. The molecule has 2 aromatic carbocycles. The van der Waals surface area contributed by atoms with Gasteiger partial charge in [0.25, 0.3) is 0 Å². The maximum absolute atomic E-state index is 12.4. The Balaban J connectivity index is 1.64. The van der Waals surface area contributed by atoms with Gasteiger partial charge in [-0.2, -0.15) is 0 Å². The van der Waals surface area contributed by atoms with Crippen LogP contribution >= 0.6 is 0 Å². The van der Waals surface area contributed by atoms with Gasteiger partial charge in [-0.25, -0.2) is 4.79 Å². The average molecular weight is 381 g/mol. The molecule has 0 aliphatic heterocycles. The van der Waals surface area contributed by atoms with Gasteiger partial charge < -0.3 is 20.7 Å². The number of nitrogens with one attached hydrogen (secondary N) is 3. The molecule has 1 aliphatic rings. The van der Waals surface area contributed by atoms with Gasteiger partial charge in [-0.3, -0.25) is 4.79 Å². The molecule has 0 spiro atoms. The van der Waals surface area contributed by atoms with Gasteiger partial charge in [0.05, 0.1) is 0 Å². The van der Waals surface area contributed by atoms with Crippen molar-refractivity contribution in [2.24, 2.45) is 0 Å². The number of carbonyl (C=O) groups is 2. The van der Waals surface area contributed by atoms with Gasteiger partial charge in [-0.1, -0.05) is 48.5 Å². The van der Waals surface area contributed by atoms with E-state index < -0.39 is 12.1 Å². The summed E-state index contributed by atoms with van der Waals surface area (Å²) in [4.78, 5) is 24.4. The van der Waals surface area contributed by atoms with Crippen LogP contribution in [0.5, 0.6) is 0 Å². The fraction of sp³-hybridized carbons (Fsp3) is 0.364. The predicted octanol–water partition coefficient (Wildman–Crippen LogP) is 2.64. The Morgan fingerprint density at radius 3 is 2.18 bits per heavy atom. The lowest BCUT2D eigenvalue weighted by molar-refractivity contribution is -0.122. The molecule has 0 fully saturated rings. The standard InChI is InChI=1S/C22H27N3O3/c1-23-13-7-12-20(21(26)24-2)25-22(27)28-14-19-17-10-5-3-8-15(17)16-9-4-6-11-18(16)19/h3-6,8-11,19-20,23H,7,12-14H2,1-2H3,(H,24,26)(H,25,27). The number of likely N-dealkylation sites (N-methyl/N-ethyl adjacent to an activating group) is 1. The molecule has 1 unspecified atom stereocenters. The minimum Gasteiger partial charge on any atom is -0.449 e. The smallest absolute Gasteiger partial charge is 0.407 e. The van der Waals surface area contributed by atoms with Crippen LogP contribution in [0, 0.1) is 0 Å². The van der Waals surface area contributed by atoms with E-state index in [0.717, 1.165) is 24.1 Å². The van der Waals surface area contributed by atoms with E-state index in [0.29, 0.717) is 6.42 Å². The number of amides is 2. The molecule has 1 atom stereocenters. The van der Waals surface area contributed by atoms with Crippen molar-refractivity contribution >= 4 is 12.0 Å². The monoisotopic (exact) mass is 381 g/mol. The average Bonchev–Trinajstić information content (AvgIpc) is 3.05. The van der Waals surface area contributed by atoms with E-state index in [1.54, 1.807) is 7.05 Å². The second kappa shape index (κ2) is 9.37. The number of fused-ring (bicyclic) bond motifs is 3. The van der Waals surface area contributed by atoms with E-state index in [4.69, 9.17) is 4.74 Å². The van der Waals surface area contributed by atoms with Crippen LogP contribution in [0.15, 0.2) is 48.5 Å². The maximum Gasteiger partial charge on any atom is 0.407 e. The van der Waals surface area contributed by atoms with Gasteiger partial charge in [0, 0.05) is 13.0 Å². The number of rotatable bonds is 8. The van der Waals surface area contributed by atoms with Crippen LogP contribution in [-0.2, 0) is 9.53 Å². The fourth-order valence-corrected chi connectivity index (χ4v) is 3.71. The molecule has 2 amide bonds. The molecule has 0 aromatic heterocycles. The Morgan fingerprint density at radius 2 is 1.61 bits per heavy atom. The Hall–Kier alpha value is -2.86. The topological polar surface area (TPSA) is 79.5 Å². The molecule has 6 heteroatoms. The molecule has 0 saturated heterocycles. The molecule has 0 saturated carbocycles. The lowest BCUT2D eigenvalue weighted by Crippen LogP contribution is -2.46. The summed E-state index contributed by atoms with van der Waals surface area (Å²) in [6.07, 6.45) is 0.753. The van der Waals surface area contributed by atoms with Crippen LogP contribution in [0.4, 0.5) is 4.79 Å². The van der Waals surface area contributed by atoms with Crippen LogP contribution < -0.4 is 16.0 Å². The first-order valence-electron chi connectivity index (χ1n) is 9.63. The second-order valence-corrected chi connectivity index (χ2v) is 6.88. The summed E-state index contributed by atoms with van der Waals surface area (Å²) in [6.45, 7) is 1.01. The number of hydrogen-bond acceptors (Lipinski definition) is 4. The minimum absolute atomic E-state index is 0.000827. The molecule has 3 N–H and O–H groups in total. The van der Waals surface area contributed by atoms with Crippen molar-refractivity contribution in [1.29, 1.82) is 0 Å². The van der Waals surface area contributed by atoms with Crippen LogP contribution in [-0.4, -0.2) is 45.3 Å². The van der Waals surface area contributed by atoms with E-state index in [1.165, 1.54) is 11.1 Å². The van der Waals surface area contributed by atoms with Crippen LogP contribution in [0.1, 0.15) is 29.9 Å². The zero-order chi connectivity index (χ0) is 19.9. The van der Waals surface area contributed by atoms with Crippen molar-refractivity contribution < 1.29 is 14.3 Å². The zero-order valence-electron chi connectivity index (χ0n) is 16.3. The van der Waals surface area contributed by atoms with E-state index in [9.17, 15) is 9.59 Å². The van der Waals surface area contributed by atoms with E-state index in [2.05, 4.69) is 40.2 Å². The summed E-state index contributed by atoms with van der Waals surface area (Å²) in [5, 5.41) is 8.33. The Bertz CT molecular complexity index is 792. The number of hydrogen-bond donors (Lipinski definition) is 3. The highest BCUT2D eigenvalue weighted by molar-refractivity contribution is 5.85. The predicted molar refractivity (Wildman–Crippen MR) is 109 cm³/mol. The molecule has 148 valence electrons. The third-order valence-corrected chi connectivity index (χ3v) is 5.12. The van der Waals surface area contributed by atoms with Crippen molar-refractivity contribution in [3.63, 3.8) is 0 Å². The van der Waals surface area contributed by atoms with Gasteiger partial charge in [0.2, 0.25) is 5.91 Å². The molecular formula is C22H27N3O3. The van der Waals surface area contributed by atoms with E-state index >= 15 is 0 Å². The van der Waals surface area contributed by atoms with Crippen LogP contribution in [0.25, 0.3) is 11.1 Å². The van der Waals surface area contributed by atoms with Gasteiger partial charge in [-0.05, 0) is 48.7 Å². The Kier molecular flexibility index (Phi) is 6.66. The Labute approximate surface area is 165 Å². The summed E-state index contributed by atoms with van der Waals surface area (Å²) in [6, 6.07) is 15.8. The Morgan fingerprint density at radius 1 is 1.00 bits per heavy atom. The highest BCUT2D eigenvalue weighted by Crippen LogP contribution is 2.44. The van der Waals surface area contributed by atoms with Gasteiger partial charge in [-0.15, -0.1) is 0 Å². The first-order valence-corrected chi connectivity index (χ1v) is 9.63. The van der Waals surface area contributed by atoms with Crippen molar-refractivity contribution in [2.45, 2.75) is 24.8 Å². The fourth-order valence-electron chi connectivity index (χ4n) is 3.71. The molecule has 1 aliphatic carbocycles. The van der Waals surface area contributed by atoms with Crippen molar-refractivity contribution in [3.8, 4) is 11.1 Å². The highest BCUT2D eigenvalue weighted by Gasteiger charge is 2.29. The molecule has 6 nitrogen and oxygen atoms in total. The van der Waals surface area contributed by atoms with E-state index in [-0.39, 0.29) is 18.4 Å². The van der Waals surface area contributed by atoms with Gasteiger partial charge in [0.1, 0.15) is 12.6 Å². The normalized spacial score (nSPS) is 13.4. The quantitative estimate of drug-likeness (QED) is 0.614. The first-order chi connectivity index (χ1) is 13.7. The van der Waals surface area contributed by atoms with E-state index in [1.807, 2.05) is 31.3 Å². The molecule has 2 aromatic rings. The summed E-state index contributed by atoms with van der Waals surface area (Å²) < 4.78 is 5.53. The lowest BCUT2D eigenvalue weighted by Gasteiger charge is -2.19. The maximum atomic E-state index is 12.4. The highest BCUT2D eigenvalue weighted by atomic mass is 16.5. The number of ether oxygens (including phenoxy) is 1. The molecule has 0 heterocycles. The molecule has 3 rings (SSSR count). The molecule has 0 bridgehead atoms. The summed E-state index contributed by atoms with van der Waals surface area (Å²) in [5.41, 5.74) is 4.69. The molecule has 0 radical (unpaired) electrons. The van der Waals surface area contributed by atoms with Crippen LogP contribution in [0.2, 0.25) is 0 Å². The number of benzene rings is 2. The minimum atomic E-state index is -0.603. The summed E-state index contributed by atoms with van der Waals surface area (Å²) in [7, 11) is 3.42. The van der Waals surface area contributed by atoms with Crippen LogP contribution in [0.3, 0.4) is 0 Å². The summed E-state index contributed by atoms with van der Waals surface area (Å²) in [5.74, 6) is -0.217. The molecule has 28 heavy (non-hydrogen) atoms. The van der Waals surface area contributed by atoms with Gasteiger partial charge in [0.15, 0.2) is 0 Å². The lowest BCUT2D eigenvalue weighted by atomic mass is 9.98. The van der Waals surface area contributed by atoms with Gasteiger partial charge >= 0.3 is 6.09 Å². The van der Waals surface area contributed by atoms with Crippen molar-refractivity contribution in [3.05, 3.63) is 59.7 Å². The number of alkyl carbamates (subject to hydrolysis) is 1. The second-order valence-electron chi connectivity index (χ2n) is 6.88. The van der Waals surface area contributed by atoms with Crippen molar-refractivity contribution in [2.75, 3.05) is 27.2 Å². The molecular weight excluding hydrogens is 354 g/mol. The summed E-state index contributed by atoms with van der Waals surface area (Å²) >= 11 is 0. The SMILES string of the molecule is CNCCCC(NC(=O)OCC1c2ccccc2-c2ccccc21)C(=O)NC. The third-order valence-electron chi connectivity index (χ3n) is 5.12.